The topological polar surface area (TPSA) is 165 Å². The average molecular weight is 350 g/mol. The first kappa shape index (κ1) is 23.4. The number of nitrogens with two attached hydrogens (primary N) is 4. The third-order valence-corrected chi connectivity index (χ3v) is 1.92. The lowest BCUT2D eigenvalue weighted by atomic mass is 10.2. The van der Waals surface area contributed by atoms with E-state index in [1.165, 1.54) is 18.2 Å². The lowest BCUT2D eigenvalue weighted by Crippen LogP contribution is -2.43. The van der Waals surface area contributed by atoms with Gasteiger partial charge in [0, 0.05) is 12.1 Å². The Balaban J connectivity index is -0.000000963. The van der Waals surface area contributed by atoms with Crippen molar-refractivity contribution in [1.82, 2.24) is 0 Å². The minimum Gasteiger partial charge on any atom is -0.508 e. The molecule has 0 fully saturated rings. The zero-order valence-electron chi connectivity index (χ0n) is 9.92. The fourth-order valence-corrected chi connectivity index (χ4v) is 1.11. The molecule has 0 spiro atoms. The van der Waals surface area contributed by atoms with Crippen LogP contribution in [-0.2, 0) is 0 Å². The van der Waals surface area contributed by atoms with Crippen molar-refractivity contribution < 1.29 is 14.7 Å². The number of nitrogens with zero attached hydrogens (tertiary/aromatic N) is 2. The van der Waals surface area contributed by atoms with Gasteiger partial charge in [-0.3, -0.25) is 0 Å². The Labute approximate surface area is 133 Å². The van der Waals surface area contributed by atoms with E-state index in [4.69, 9.17) is 23.2 Å². The van der Waals surface area contributed by atoms with Crippen LogP contribution in [0.5, 0.6) is 5.75 Å². The minimum absolute atomic E-state index is 0. The second-order valence-corrected chi connectivity index (χ2v) is 3.12. The highest BCUT2D eigenvalue weighted by Gasteiger charge is 2.14. The molecule has 0 bridgehead atoms. The van der Waals surface area contributed by atoms with Gasteiger partial charge in [0.05, 0.1) is 11.4 Å². The van der Waals surface area contributed by atoms with Crippen molar-refractivity contribution in [2.24, 2.45) is 23.2 Å². The Morgan fingerprint density at radius 3 is 1.40 bits per heavy atom. The molecule has 0 aliphatic carbocycles. The predicted octanol–water partition coefficient (Wildman–Crippen LogP) is 0.175. The largest absolute Gasteiger partial charge is 0.508 e. The lowest BCUT2D eigenvalue weighted by molar-refractivity contribution is 0.253. The number of amides is 4. The molecule has 4 amide bonds. The summed E-state index contributed by atoms with van der Waals surface area (Å²) in [7, 11) is 0. The number of benzene rings is 1. The SMILES string of the molecule is Cl.Cl.Cl.NC(=O)N(N)c1cc(O)cc(N(N)C(N)=O)c1. The quantitative estimate of drug-likeness (QED) is 0.291. The van der Waals surface area contributed by atoms with E-state index in [-0.39, 0.29) is 54.3 Å². The van der Waals surface area contributed by atoms with Gasteiger partial charge in [-0.05, 0) is 6.07 Å². The van der Waals surface area contributed by atoms with Crippen molar-refractivity contribution in [2.75, 3.05) is 10.0 Å². The van der Waals surface area contributed by atoms with Crippen LogP contribution in [0.4, 0.5) is 21.0 Å². The standard InChI is InChI=1S/C8H12N6O3.3ClH/c9-7(16)13(11)4-1-5(3-6(15)2-4)14(12)8(10)17;;;/h1-3,15H,11-12H2,(H2,9,16)(H2,10,17);3*1H. The summed E-state index contributed by atoms with van der Waals surface area (Å²) in [5.41, 5.74) is 10.0. The van der Waals surface area contributed by atoms with Gasteiger partial charge in [0.1, 0.15) is 5.75 Å². The van der Waals surface area contributed by atoms with Crippen LogP contribution in [0.25, 0.3) is 0 Å². The molecule has 0 heterocycles. The first-order valence-corrected chi connectivity index (χ1v) is 4.35. The van der Waals surface area contributed by atoms with E-state index in [1.54, 1.807) is 0 Å². The number of carbonyl (C=O) groups excluding carboxylic acids is 2. The van der Waals surface area contributed by atoms with Gasteiger partial charge in [-0.25, -0.2) is 31.3 Å². The van der Waals surface area contributed by atoms with Crippen LogP contribution in [0.2, 0.25) is 0 Å². The van der Waals surface area contributed by atoms with Crippen LogP contribution in [0.15, 0.2) is 18.2 Å². The molecule has 0 radical (unpaired) electrons. The minimum atomic E-state index is -0.941. The second kappa shape index (κ2) is 9.28. The summed E-state index contributed by atoms with van der Waals surface area (Å²) in [5, 5.41) is 10.5. The molecule has 0 aliphatic rings. The van der Waals surface area contributed by atoms with E-state index in [0.29, 0.717) is 10.0 Å². The van der Waals surface area contributed by atoms with Gasteiger partial charge < -0.3 is 16.6 Å². The predicted molar refractivity (Wildman–Crippen MR) is 82.4 cm³/mol. The zero-order valence-corrected chi connectivity index (χ0v) is 12.4. The van der Waals surface area contributed by atoms with E-state index < -0.39 is 12.1 Å². The normalized spacial score (nSPS) is 8.30. The van der Waals surface area contributed by atoms with Gasteiger partial charge in [-0.15, -0.1) is 37.2 Å². The van der Waals surface area contributed by atoms with E-state index in [1.807, 2.05) is 0 Å². The van der Waals surface area contributed by atoms with Gasteiger partial charge in [-0.2, -0.15) is 0 Å². The molecule has 1 rings (SSSR count). The monoisotopic (exact) mass is 348 g/mol. The van der Waals surface area contributed by atoms with Crippen molar-refractivity contribution in [2.45, 2.75) is 0 Å². The van der Waals surface area contributed by atoms with Crippen LogP contribution >= 0.6 is 37.2 Å². The third kappa shape index (κ3) is 5.55. The van der Waals surface area contributed by atoms with Gasteiger partial charge in [0.25, 0.3) is 0 Å². The number of hydrogen-bond donors (Lipinski definition) is 5. The molecule has 1 aromatic rings. The number of hydrogen-bond acceptors (Lipinski definition) is 5. The molecule has 9 N–H and O–H groups in total. The molecule has 0 saturated heterocycles. The number of phenols is 1. The van der Waals surface area contributed by atoms with E-state index in [0.717, 1.165) is 0 Å². The highest BCUT2D eigenvalue weighted by atomic mass is 35.5. The molecule has 9 nitrogen and oxygen atoms in total. The van der Waals surface area contributed by atoms with E-state index in [2.05, 4.69) is 0 Å². The van der Waals surface area contributed by atoms with Crippen molar-refractivity contribution in [3.8, 4) is 5.75 Å². The summed E-state index contributed by atoms with van der Waals surface area (Å²) in [6.45, 7) is 0. The summed E-state index contributed by atoms with van der Waals surface area (Å²) in [6, 6.07) is 1.72. The van der Waals surface area contributed by atoms with Crippen molar-refractivity contribution >= 4 is 60.7 Å². The van der Waals surface area contributed by atoms with E-state index in [9.17, 15) is 14.7 Å². The van der Waals surface area contributed by atoms with Crippen LogP contribution in [0.3, 0.4) is 0 Å². The zero-order chi connectivity index (χ0) is 13.2. The molecule has 0 atom stereocenters. The van der Waals surface area contributed by atoms with Crippen molar-refractivity contribution in [3.05, 3.63) is 18.2 Å². The Morgan fingerprint density at radius 1 is 0.850 bits per heavy atom. The van der Waals surface area contributed by atoms with Gasteiger partial charge in [-0.1, -0.05) is 0 Å². The molecule has 12 heteroatoms. The van der Waals surface area contributed by atoms with Crippen LogP contribution in [0.1, 0.15) is 0 Å². The number of rotatable bonds is 2. The highest BCUT2D eigenvalue weighted by molar-refractivity contribution is 5.93. The number of primary amides is 2. The van der Waals surface area contributed by atoms with Crippen LogP contribution < -0.4 is 33.2 Å². The first-order valence-electron chi connectivity index (χ1n) is 4.35. The lowest BCUT2D eigenvalue weighted by Gasteiger charge is -2.18. The molecular formula is C8H15Cl3N6O3. The summed E-state index contributed by atoms with van der Waals surface area (Å²) in [4.78, 5) is 21.7. The summed E-state index contributed by atoms with van der Waals surface area (Å²) in [6.07, 6.45) is 0. The van der Waals surface area contributed by atoms with E-state index >= 15 is 0 Å². The summed E-state index contributed by atoms with van der Waals surface area (Å²) < 4.78 is 0. The number of carbonyl (C=O) groups is 2. The molecular weight excluding hydrogens is 334 g/mol. The van der Waals surface area contributed by atoms with Crippen molar-refractivity contribution in [3.63, 3.8) is 0 Å². The number of aromatic hydroxyl groups is 1. The summed E-state index contributed by atoms with van der Waals surface area (Å²) >= 11 is 0. The van der Waals surface area contributed by atoms with Gasteiger partial charge in [0.15, 0.2) is 0 Å². The maximum absolute atomic E-state index is 10.8. The highest BCUT2D eigenvalue weighted by Crippen LogP contribution is 2.26. The summed E-state index contributed by atoms with van der Waals surface area (Å²) in [5.74, 6) is 10.4. The maximum Gasteiger partial charge on any atom is 0.333 e. The molecule has 1 aromatic carbocycles. The van der Waals surface area contributed by atoms with Gasteiger partial charge >= 0.3 is 12.1 Å². The van der Waals surface area contributed by atoms with Crippen LogP contribution in [-0.4, -0.2) is 17.2 Å². The Morgan fingerprint density at radius 2 is 1.15 bits per heavy atom. The fraction of sp³-hybridized carbons (Fsp3) is 0. The first-order chi connectivity index (χ1) is 7.82. The maximum atomic E-state index is 10.8. The second-order valence-electron chi connectivity index (χ2n) is 3.12. The molecule has 0 aromatic heterocycles. The number of halogens is 3. The fourth-order valence-electron chi connectivity index (χ4n) is 1.11. The van der Waals surface area contributed by atoms with Gasteiger partial charge in [0.2, 0.25) is 0 Å². The average Bonchev–Trinajstić information content (AvgIpc) is 2.25. The number of phenolic OH excluding ortho intramolecular Hbond substituents is 1. The number of urea groups is 2. The van der Waals surface area contributed by atoms with Crippen LogP contribution in [0, 0.1) is 0 Å². The number of anilines is 2. The molecule has 0 aliphatic heterocycles. The molecule has 0 saturated carbocycles. The Bertz CT molecular complexity index is 437. The smallest absolute Gasteiger partial charge is 0.333 e. The molecule has 116 valence electrons. The van der Waals surface area contributed by atoms with Crippen molar-refractivity contribution in [1.29, 1.82) is 0 Å². The Hall–Kier alpha value is -1.65. The third-order valence-electron chi connectivity index (χ3n) is 1.92. The number of hydrazine groups is 2. The Kier molecular flexibility index (Phi) is 10.9. The molecule has 0 unspecified atom stereocenters. The molecule has 20 heavy (non-hydrogen) atoms.